The summed E-state index contributed by atoms with van der Waals surface area (Å²) in [6.45, 7) is 7.60. The molecule has 3 heterocycles. The normalized spacial score (nSPS) is 20.4. The highest BCUT2D eigenvalue weighted by atomic mass is 35.5. The topological polar surface area (TPSA) is 79.4 Å². The van der Waals surface area contributed by atoms with E-state index in [1.165, 1.54) is 6.07 Å². The van der Waals surface area contributed by atoms with Crippen LogP contribution in [-0.2, 0) is 10.0 Å². The summed E-state index contributed by atoms with van der Waals surface area (Å²) < 4.78 is 38.1. The number of anilines is 1. The van der Waals surface area contributed by atoms with Crippen LogP contribution in [0.25, 0.3) is 0 Å². The quantitative estimate of drug-likeness (QED) is 0.596. The first-order valence-electron chi connectivity index (χ1n) is 11.6. The molecular formula is C24H28ClN3O5S. The molecule has 2 aromatic rings. The van der Waals surface area contributed by atoms with E-state index >= 15 is 0 Å². The van der Waals surface area contributed by atoms with Gasteiger partial charge >= 0.3 is 0 Å². The summed E-state index contributed by atoms with van der Waals surface area (Å²) in [6.07, 6.45) is 0.617. The van der Waals surface area contributed by atoms with Crippen molar-refractivity contribution in [2.45, 2.75) is 18.2 Å². The van der Waals surface area contributed by atoms with Crippen LogP contribution in [0.4, 0.5) is 5.69 Å². The number of rotatable bonds is 6. The molecule has 3 aliphatic heterocycles. The predicted octanol–water partition coefficient (Wildman–Crippen LogP) is 3.10. The van der Waals surface area contributed by atoms with Crippen molar-refractivity contribution in [1.82, 2.24) is 9.21 Å². The Morgan fingerprint density at radius 2 is 1.79 bits per heavy atom. The van der Waals surface area contributed by atoms with Gasteiger partial charge in [-0.25, -0.2) is 12.7 Å². The first-order valence-corrected chi connectivity index (χ1v) is 13.4. The molecule has 0 N–H and O–H groups in total. The van der Waals surface area contributed by atoms with Gasteiger partial charge in [-0.3, -0.25) is 9.69 Å². The Morgan fingerprint density at radius 3 is 2.56 bits per heavy atom. The standard InChI is InChI=1S/C24H28ClN3O5S/c1-17(6-7-28-24(29)19-4-2-3-5-22(19)34(28,30)31)16-26-8-10-27(11-9-26)20-14-18(25)15-21-23(20)33-13-12-32-21/h2-5,14-15,17H,6-13,16H2,1H3. The molecular weight excluding hydrogens is 478 g/mol. The van der Waals surface area contributed by atoms with E-state index in [0.717, 1.165) is 48.5 Å². The fourth-order valence-corrected chi connectivity index (χ4v) is 6.62. The summed E-state index contributed by atoms with van der Waals surface area (Å²) in [5.74, 6) is 1.27. The number of amides is 1. The van der Waals surface area contributed by atoms with E-state index in [4.69, 9.17) is 21.1 Å². The van der Waals surface area contributed by atoms with Crippen molar-refractivity contribution in [3.63, 3.8) is 0 Å². The molecule has 3 aliphatic rings. The average molecular weight is 506 g/mol. The fraction of sp³-hybridized carbons (Fsp3) is 0.458. The Morgan fingerprint density at radius 1 is 1.06 bits per heavy atom. The Kier molecular flexibility index (Phi) is 6.35. The van der Waals surface area contributed by atoms with Gasteiger partial charge in [-0.15, -0.1) is 0 Å². The molecule has 5 rings (SSSR count). The minimum absolute atomic E-state index is 0.112. The van der Waals surface area contributed by atoms with Crippen LogP contribution in [0.5, 0.6) is 11.5 Å². The molecule has 1 atom stereocenters. The average Bonchev–Trinajstić information content (AvgIpc) is 3.03. The summed E-state index contributed by atoms with van der Waals surface area (Å²) in [5.41, 5.74) is 1.23. The smallest absolute Gasteiger partial charge is 0.269 e. The van der Waals surface area contributed by atoms with Gasteiger partial charge in [0.2, 0.25) is 0 Å². The van der Waals surface area contributed by atoms with Crippen LogP contribution < -0.4 is 14.4 Å². The number of fused-ring (bicyclic) bond motifs is 2. The highest BCUT2D eigenvalue weighted by molar-refractivity contribution is 7.90. The van der Waals surface area contributed by atoms with Crippen molar-refractivity contribution >= 4 is 33.2 Å². The Bertz CT molecular complexity index is 1200. The summed E-state index contributed by atoms with van der Waals surface area (Å²) in [4.78, 5) is 17.4. The lowest BCUT2D eigenvalue weighted by Crippen LogP contribution is -2.48. The number of nitrogens with zero attached hydrogens (tertiary/aromatic N) is 3. The maximum absolute atomic E-state index is 12.8. The molecule has 0 bridgehead atoms. The molecule has 1 amide bonds. The van der Waals surface area contributed by atoms with Gasteiger partial charge in [0.15, 0.2) is 11.5 Å². The van der Waals surface area contributed by atoms with E-state index in [1.807, 2.05) is 6.07 Å². The number of hydrogen-bond acceptors (Lipinski definition) is 7. The van der Waals surface area contributed by atoms with E-state index < -0.39 is 15.9 Å². The SMILES string of the molecule is CC(CCN1C(=O)c2ccccc2S1(=O)=O)CN1CCN(c2cc(Cl)cc3c2OCCO3)CC1. The number of ether oxygens (including phenoxy) is 2. The van der Waals surface area contributed by atoms with Crippen molar-refractivity contribution < 1.29 is 22.7 Å². The van der Waals surface area contributed by atoms with Gasteiger partial charge in [-0.2, -0.15) is 0 Å². The molecule has 2 aromatic carbocycles. The number of halogens is 1. The predicted molar refractivity (Wildman–Crippen MR) is 130 cm³/mol. The molecule has 0 spiro atoms. The van der Waals surface area contributed by atoms with E-state index in [-0.39, 0.29) is 22.9 Å². The number of sulfonamides is 1. The second-order valence-corrected chi connectivity index (χ2v) is 11.3. The van der Waals surface area contributed by atoms with Gasteiger partial charge < -0.3 is 14.4 Å². The van der Waals surface area contributed by atoms with Gasteiger partial charge in [0.05, 0.1) is 11.3 Å². The van der Waals surface area contributed by atoms with Crippen LogP contribution >= 0.6 is 11.6 Å². The second kappa shape index (κ2) is 9.28. The van der Waals surface area contributed by atoms with Crippen molar-refractivity contribution in [1.29, 1.82) is 0 Å². The van der Waals surface area contributed by atoms with Gasteiger partial charge in [-0.1, -0.05) is 30.7 Å². The third-order valence-corrected chi connectivity index (χ3v) is 8.67. The lowest BCUT2D eigenvalue weighted by Gasteiger charge is -2.38. The molecule has 0 aromatic heterocycles. The van der Waals surface area contributed by atoms with Gasteiger partial charge in [0, 0.05) is 50.4 Å². The van der Waals surface area contributed by atoms with Gasteiger partial charge in [0.1, 0.15) is 18.1 Å². The van der Waals surface area contributed by atoms with Crippen molar-refractivity contribution in [2.75, 3.05) is 57.4 Å². The monoisotopic (exact) mass is 505 g/mol. The molecule has 8 nitrogen and oxygen atoms in total. The first-order chi connectivity index (χ1) is 16.3. The minimum atomic E-state index is -3.74. The van der Waals surface area contributed by atoms with E-state index in [9.17, 15) is 13.2 Å². The number of piperazine rings is 1. The first kappa shape index (κ1) is 23.3. The van der Waals surface area contributed by atoms with E-state index in [0.29, 0.717) is 30.4 Å². The number of benzene rings is 2. The Labute approximate surface area is 205 Å². The minimum Gasteiger partial charge on any atom is -0.486 e. The maximum Gasteiger partial charge on any atom is 0.269 e. The summed E-state index contributed by atoms with van der Waals surface area (Å²) >= 11 is 6.30. The zero-order valence-corrected chi connectivity index (χ0v) is 20.6. The molecule has 10 heteroatoms. The third-order valence-electron chi connectivity index (χ3n) is 6.61. The lowest BCUT2D eigenvalue weighted by atomic mass is 10.1. The van der Waals surface area contributed by atoms with Crippen LogP contribution in [0.15, 0.2) is 41.3 Å². The zero-order valence-electron chi connectivity index (χ0n) is 19.1. The zero-order chi connectivity index (χ0) is 23.9. The second-order valence-electron chi connectivity index (χ2n) is 9.01. The molecule has 1 fully saturated rings. The van der Waals surface area contributed by atoms with E-state index in [2.05, 4.69) is 16.7 Å². The van der Waals surface area contributed by atoms with Crippen molar-refractivity contribution in [2.24, 2.45) is 5.92 Å². The lowest BCUT2D eigenvalue weighted by molar-refractivity contribution is 0.0864. The van der Waals surface area contributed by atoms with Crippen molar-refractivity contribution in [3.8, 4) is 11.5 Å². The number of carbonyl (C=O) groups is 1. The highest BCUT2D eigenvalue weighted by Crippen LogP contribution is 2.42. The molecule has 1 saturated heterocycles. The van der Waals surface area contributed by atoms with Crippen LogP contribution in [0, 0.1) is 5.92 Å². The largest absolute Gasteiger partial charge is 0.486 e. The van der Waals surface area contributed by atoms with Crippen LogP contribution in [-0.4, -0.2) is 76.0 Å². The third kappa shape index (κ3) is 4.32. The molecule has 1 unspecified atom stereocenters. The maximum atomic E-state index is 12.8. The molecule has 0 aliphatic carbocycles. The van der Waals surface area contributed by atoms with Gasteiger partial charge in [-0.05, 0) is 30.5 Å². The van der Waals surface area contributed by atoms with Crippen LogP contribution in [0.3, 0.4) is 0 Å². The van der Waals surface area contributed by atoms with Crippen molar-refractivity contribution in [3.05, 3.63) is 47.0 Å². The fourth-order valence-electron chi connectivity index (χ4n) is 4.83. The molecule has 0 radical (unpaired) electrons. The number of carbonyl (C=O) groups excluding carboxylic acids is 1. The van der Waals surface area contributed by atoms with Crippen LogP contribution in [0.2, 0.25) is 5.02 Å². The van der Waals surface area contributed by atoms with Gasteiger partial charge in [0.25, 0.3) is 15.9 Å². The van der Waals surface area contributed by atoms with E-state index in [1.54, 1.807) is 24.3 Å². The molecule has 0 saturated carbocycles. The summed E-state index contributed by atoms with van der Waals surface area (Å²) in [6, 6.07) is 10.1. The molecule has 34 heavy (non-hydrogen) atoms. The summed E-state index contributed by atoms with van der Waals surface area (Å²) in [5, 5.41) is 0.629. The summed E-state index contributed by atoms with van der Waals surface area (Å²) in [7, 11) is -3.74. The number of hydrogen-bond donors (Lipinski definition) is 0. The van der Waals surface area contributed by atoms with Crippen LogP contribution in [0.1, 0.15) is 23.7 Å². The Hall–Kier alpha value is -2.49. The molecule has 182 valence electrons. The Balaban J connectivity index is 1.15. The highest BCUT2D eigenvalue weighted by Gasteiger charge is 2.40.